The summed E-state index contributed by atoms with van der Waals surface area (Å²) in [7, 11) is -1.87. The fourth-order valence-corrected chi connectivity index (χ4v) is 1.69. The van der Waals surface area contributed by atoms with Crippen LogP contribution in [-0.4, -0.2) is 84.7 Å². The average molecular weight is 427 g/mol. The van der Waals surface area contributed by atoms with Crippen molar-refractivity contribution in [2.75, 3.05) is 51.9 Å². The summed E-state index contributed by atoms with van der Waals surface area (Å²) < 4.78 is 46.9. The van der Waals surface area contributed by atoms with Crippen LogP contribution >= 0.6 is 10.7 Å². The first-order valence-corrected chi connectivity index (χ1v) is 12.2. The highest BCUT2D eigenvalue weighted by molar-refractivity contribution is 8.13. The standard InChI is InChI=1S/C6H13NO5S.C6H15N.CH3ClO2S/c1-13(10,11)7-3-5-12-4-2-6(8)9;1-4-7(5-2)6-3;1-5(2,3)4/h7H,2-5H2,1H3,(H,8,9);4-6H2,1-3H3;1H3. The number of carboxylic acid groups (broad SMARTS) is 1. The molecule has 2 N–H and O–H groups in total. The summed E-state index contributed by atoms with van der Waals surface area (Å²) in [6.07, 6.45) is 1.90. The first-order chi connectivity index (χ1) is 11.3. The highest BCUT2D eigenvalue weighted by Gasteiger charge is 1.99. The number of sulfonamides is 1. The van der Waals surface area contributed by atoms with Gasteiger partial charge in [-0.05, 0) is 19.6 Å². The minimum atomic E-state index is -3.19. The van der Waals surface area contributed by atoms with Crippen LogP contribution in [0.3, 0.4) is 0 Å². The van der Waals surface area contributed by atoms with Crippen LogP contribution in [0.5, 0.6) is 0 Å². The molecule has 0 radical (unpaired) electrons. The number of carboxylic acids is 1. The maximum atomic E-state index is 10.5. The number of carbonyl (C=O) groups is 1. The molecule has 12 heteroatoms. The van der Waals surface area contributed by atoms with Gasteiger partial charge in [-0.3, -0.25) is 4.79 Å². The number of ether oxygens (including phenoxy) is 1. The van der Waals surface area contributed by atoms with Crippen molar-refractivity contribution in [2.24, 2.45) is 0 Å². The highest BCUT2D eigenvalue weighted by Crippen LogP contribution is 1.84. The van der Waals surface area contributed by atoms with Crippen LogP contribution in [0.25, 0.3) is 0 Å². The Balaban J connectivity index is -0.000000337. The quantitative estimate of drug-likeness (QED) is 0.382. The summed E-state index contributed by atoms with van der Waals surface area (Å²) in [5, 5.41) is 8.21. The molecule has 0 unspecified atom stereocenters. The van der Waals surface area contributed by atoms with Gasteiger partial charge in [-0.2, -0.15) is 0 Å². The van der Waals surface area contributed by atoms with E-state index in [1.165, 1.54) is 19.6 Å². The zero-order valence-electron chi connectivity index (χ0n) is 15.5. The molecule has 0 spiro atoms. The molecule has 154 valence electrons. The molecule has 25 heavy (non-hydrogen) atoms. The summed E-state index contributed by atoms with van der Waals surface area (Å²) in [6.45, 7) is 10.6. The second-order valence-electron chi connectivity index (χ2n) is 4.72. The number of aliphatic carboxylic acids is 1. The van der Waals surface area contributed by atoms with Gasteiger partial charge in [0.2, 0.25) is 19.1 Å². The third kappa shape index (κ3) is 45.2. The van der Waals surface area contributed by atoms with Gasteiger partial charge in [0.1, 0.15) is 0 Å². The van der Waals surface area contributed by atoms with Crippen molar-refractivity contribution in [1.29, 1.82) is 0 Å². The van der Waals surface area contributed by atoms with E-state index in [1.54, 1.807) is 0 Å². The van der Waals surface area contributed by atoms with Gasteiger partial charge in [-0.15, -0.1) is 0 Å². The number of nitrogens with one attached hydrogen (secondary N) is 1. The number of hydrogen-bond donors (Lipinski definition) is 2. The first-order valence-electron chi connectivity index (χ1n) is 7.62. The number of nitrogens with zero attached hydrogens (tertiary/aromatic N) is 1. The monoisotopic (exact) mass is 426 g/mol. The summed E-state index contributed by atoms with van der Waals surface area (Å²) in [5.41, 5.74) is 0. The van der Waals surface area contributed by atoms with Crippen molar-refractivity contribution in [3.8, 4) is 0 Å². The summed E-state index contributed by atoms with van der Waals surface area (Å²) in [5.74, 6) is -0.934. The van der Waals surface area contributed by atoms with Crippen molar-refractivity contribution in [1.82, 2.24) is 9.62 Å². The Kier molecular flexibility index (Phi) is 19.9. The molecule has 0 aliphatic heterocycles. The predicted molar refractivity (Wildman–Crippen MR) is 100 cm³/mol. The molecule has 0 fully saturated rings. The van der Waals surface area contributed by atoms with E-state index in [9.17, 15) is 21.6 Å². The average Bonchev–Trinajstić information content (AvgIpc) is 2.42. The van der Waals surface area contributed by atoms with Gasteiger partial charge in [0.15, 0.2) is 0 Å². The van der Waals surface area contributed by atoms with Crippen molar-refractivity contribution in [2.45, 2.75) is 27.2 Å². The topological polar surface area (TPSA) is 130 Å². The molecular formula is C13H31ClN2O7S2. The number of hydrogen-bond acceptors (Lipinski definition) is 7. The van der Waals surface area contributed by atoms with Crippen LogP contribution in [-0.2, 0) is 28.6 Å². The van der Waals surface area contributed by atoms with E-state index in [4.69, 9.17) is 9.84 Å². The fourth-order valence-electron chi connectivity index (χ4n) is 1.23. The smallest absolute Gasteiger partial charge is 0.305 e. The number of halogens is 1. The SMILES string of the molecule is CCN(CC)CC.CS(=O)(=O)Cl.CS(=O)(=O)NCCOCCC(=O)O. The van der Waals surface area contributed by atoms with E-state index in [0.717, 1.165) is 12.5 Å². The van der Waals surface area contributed by atoms with Gasteiger partial charge in [0.25, 0.3) is 0 Å². The van der Waals surface area contributed by atoms with E-state index in [1.807, 2.05) is 0 Å². The first kappa shape index (κ1) is 29.3. The Labute approximate surface area is 156 Å². The van der Waals surface area contributed by atoms with Crippen LogP contribution in [0.1, 0.15) is 27.2 Å². The minimum Gasteiger partial charge on any atom is -0.481 e. The van der Waals surface area contributed by atoms with E-state index in [-0.39, 0.29) is 26.2 Å². The Bertz CT molecular complexity index is 507. The Morgan fingerprint density at radius 2 is 1.44 bits per heavy atom. The lowest BCUT2D eigenvalue weighted by molar-refractivity contribution is -0.138. The molecule has 0 aliphatic carbocycles. The van der Waals surface area contributed by atoms with E-state index >= 15 is 0 Å². The van der Waals surface area contributed by atoms with Crippen molar-refractivity contribution < 1.29 is 31.5 Å². The summed E-state index contributed by atoms with van der Waals surface area (Å²) >= 11 is 0. The van der Waals surface area contributed by atoms with Crippen LogP contribution < -0.4 is 4.72 Å². The third-order valence-corrected chi connectivity index (χ3v) is 3.14. The van der Waals surface area contributed by atoms with E-state index in [0.29, 0.717) is 0 Å². The highest BCUT2D eigenvalue weighted by atomic mass is 35.7. The molecule has 0 heterocycles. The van der Waals surface area contributed by atoms with Gasteiger partial charge in [0, 0.05) is 17.2 Å². The molecule has 0 bridgehead atoms. The summed E-state index contributed by atoms with van der Waals surface area (Å²) in [6, 6.07) is 0. The lowest BCUT2D eigenvalue weighted by Gasteiger charge is -2.13. The second-order valence-corrected chi connectivity index (χ2v) is 9.60. The van der Waals surface area contributed by atoms with Gasteiger partial charge in [-0.25, -0.2) is 21.6 Å². The fraction of sp³-hybridized carbons (Fsp3) is 0.923. The molecule has 0 aromatic rings. The van der Waals surface area contributed by atoms with Crippen LogP contribution in [0.4, 0.5) is 0 Å². The van der Waals surface area contributed by atoms with Crippen LogP contribution in [0, 0.1) is 0 Å². The molecule has 0 amide bonds. The molecule has 0 aliphatic rings. The van der Waals surface area contributed by atoms with Crippen LogP contribution in [0.2, 0.25) is 0 Å². The van der Waals surface area contributed by atoms with Gasteiger partial charge >= 0.3 is 5.97 Å². The molecule has 0 aromatic carbocycles. The Morgan fingerprint density at radius 1 is 1.04 bits per heavy atom. The largest absolute Gasteiger partial charge is 0.481 e. The maximum Gasteiger partial charge on any atom is 0.305 e. The third-order valence-electron chi connectivity index (χ3n) is 2.41. The Morgan fingerprint density at radius 3 is 1.68 bits per heavy atom. The van der Waals surface area contributed by atoms with Crippen molar-refractivity contribution >= 4 is 35.7 Å². The molecule has 0 atom stereocenters. The van der Waals surface area contributed by atoms with Gasteiger partial charge < -0.3 is 14.7 Å². The normalized spacial score (nSPS) is 11.2. The zero-order valence-corrected chi connectivity index (χ0v) is 17.9. The van der Waals surface area contributed by atoms with Crippen LogP contribution in [0.15, 0.2) is 0 Å². The molecule has 0 aromatic heterocycles. The van der Waals surface area contributed by atoms with Gasteiger partial charge in [-0.1, -0.05) is 20.8 Å². The van der Waals surface area contributed by atoms with Crippen molar-refractivity contribution in [3.05, 3.63) is 0 Å². The van der Waals surface area contributed by atoms with Crippen molar-refractivity contribution in [3.63, 3.8) is 0 Å². The molecule has 0 saturated heterocycles. The van der Waals surface area contributed by atoms with Gasteiger partial charge in [0.05, 0.1) is 32.1 Å². The summed E-state index contributed by atoms with van der Waals surface area (Å²) in [4.78, 5) is 12.4. The maximum absolute atomic E-state index is 10.5. The predicted octanol–water partition coefficient (Wildman–Crippen LogP) is 0.560. The second kappa shape index (κ2) is 17.0. The minimum absolute atomic E-state index is 0.0706. The molecule has 0 rings (SSSR count). The lowest BCUT2D eigenvalue weighted by Crippen LogP contribution is -2.26. The number of rotatable bonds is 10. The van der Waals surface area contributed by atoms with E-state index in [2.05, 4.69) is 41.1 Å². The zero-order chi connectivity index (χ0) is 20.5. The molecular weight excluding hydrogens is 396 g/mol. The molecule has 9 nitrogen and oxygen atoms in total. The lowest BCUT2D eigenvalue weighted by atomic mass is 10.5. The molecule has 0 saturated carbocycles. The Hall–Kier alpha value is -0.460. The van der Waals surface area contributed by atoms with E-state index < -0.39 is 25.0 Å².